The van der Waals surface area contributed by atoms with E-state index in [1.165, 1.54) is 0 Å². The van der Waals surface area contributed by atoms with Crippen LogP contribution in [0.2, 0.25) is 5.02 Å². The molecule has 20 heavy (non-hydrogen) atoms. The first kappa shape index (κ1) is 15.0. The van der Waals surface area contributed by atoms with Gasteiger partial charge in [-0.3, -0.25) is 0 Å². The first-order valence-electron chi connectivity index (χ1n) is 6.21. The first-order chi connectivity index (χ1) is 9.45. The van der Waals surface area contributed by atoms with Crippen molar-refractivity contribution in [1.29, 1.82) is 0 Å². The molecule has 0 fully saturated rings. The van der Waals surface area contributed by atoms with Gasteiger partial charge in [0.25, 0.3) is 0 Å². The third-order valence-electron chi connectivity index (χ3n) is 3.16. The Balaban J connectivity index is 2.47. The van der Waals surface area contributed by atoms with E-state index in [0.717, 1.165) is 5.56 Å². The van der Waals surface area contributed by atoms with E-state index in [1.54, 1.807) is 48.5 Å². The smallest absolute Gasteiger partial charge is 0.186 e. The highest BCUT2D eigenvalue weighted by Gasteiger charge is 2.27. The summed E-state index contributed by atoms with van der Waals surface area (Å²) in [7, 11) is -3.52. The number of rotatable bonds is 4. The fourth-order valence-corrected chi connectivity index (χ4v) is 3.84. The molecular weight excluding hydrogens is 294 g/mol. The zero-order chi connectivity index (χ0) is 14.8. The van der Waals surface area contributed by atoms with Crippen LogP contribution in [0.4, 0.5) is 0 Å². The van der Waals surface area contributed by atoms with Crippen LogP contribution in [0.1, 0.15) is 16.4 Å². The predicted molar refractivity (Wildman–Crippen MR) is 81.6 cm³/mol. The Hall–Kier alpha value is -1.36. The van der Waals surface area contributed by atoms with E-state index < -0.39 is 15.1 Å². The highest BCUT2D eigenvalue weighted by molar-refractivity contribution is 7.91. The van der Waals surface area contributed by atoms with Crippen LogP contribution in [-0.2, 0) is 9.84 Å². The Morgan fingerprint density at radius 3 is 2.35 bits per heavy atom. The van der Waals surface area contributed by atoms with Gasteiger partial charge in [0.2, 0.25) is 0 Å². The van der Waals surface area contributed by atoms with Gasteiger partial charge in [-0.05, 0) is 36.8 Å². The summed E-state index contributed by atoms with van der Waals surface area (Å²) >= 11 is 5.93. The third kappa shape index (κ3) is 3.03. The Kier molecular flexibility index (Phi) is 4.48. The Morgan fingerprint density at radius 1 is 1.15 bits per heavy atom. The molecule has 0 bridgehead atoms. The number of nitrogens with two attached hydrogens (primary N) is 1. The van der Waals surface area contributed by atoms with Gasteiger partial charge >= 0.3 is 0 Å². The van der Waals surface area contributed by atoms with E-state index in [4.69, 9.17) is 17.3 Å². The molecule has 0 saturated heterocycles. The lowest BCUT2D eigenvalue weighted by Gasteiger charge is -2.16. The number of halogens is 1. The molecule has 3 nitrogen and oxygen atoms in total. The molecule has 2 N–H and O–H groups in total. The highest BCUT2D eigenvalue weighted by atomic mass is 35.5. The molecular formula is C15H16ClNO2S. The SMILES string of the molecule is Cc1ccc(S(=O)(=O)[C@H](CN)c2cccc(Cl)c2)cc1. The molecule has 106 valence electrons. The number of benzene rings is 2. The van der Waals surface area contributed by atoms with Crippen LogP contribution in [0, 0.1) is 6.92 Å². The minimum Gasteiger partial charge on any atom is -0.329 e. The lowest BCUT2D eigenvalue weighted by molar-refractivity contribution is 0.582. The van der Waals surface area contributed by atoms with E-state index in [2.05, 4.69) is 0 Å². The number of aryl methyl sites for hydroxylation is 1. The van der Waals surface area contributed by atoms with Gasteiger partial charge in [0.05, 0.1) is 4.90 Å². The molecule has 0 spiro atoms. The van der Waals surface area contributed by atoms with Gasteiger partial charge in [0, 0.05) is 11.6 Å². The summed E-state index contributed by atoms with van der Waals surface area (Å²) in [6, 6.07) is 13.6. The largest absolute Gasteiger partial charge is 0.329 e. The molecule has 0 radical (unpaired) electrons. The Bertz CT molecular complexity index is 696. The summed E-state index contributed by atoms with van der Waals surface area (Å²) < 4.78 is 25.3. The average molecular weight is 310 g/mol. The van der Waals surface area contributed by atoms with Crippen molar-refractivity contribution in [2.75, 3.05) is 6.54 Å². The van der Waals surface area contributed by atoms with E-state index in [0.29, 0.717) is 10.6 Å². The summed E-state index contributed by atoms with van der Waals surface area (Å²) in [5.74, 6) is 0. The van der Waals surface area contributed by atoms with Crippen LogP contribution in [0.3, 0.4) is 0 Å². The maximum atomic E-state index is 12.7. The van der Waals surface area contributed by atoms with Crippen molar-refractivity contribution in [1.82, 2.24) is 0 Å². The van der Waals surface area contributed by atoms with Crippen molar-refractivity contribution in [3.63, 3.8) is 0 Å². The molecule has 0 aliphatic carbocycles. The Labute approximate surface area is 124 Å². The van der Waals surface area contributed by atoms with Gasteiger partial charge in [0.15, 0.2) is 9.84 Å². The second kappa shape index (κ2) is 5.95. The van der Waals surface area contributed by atoms with Gasteiger partial charge in [-0.15, -0.1) is 0 Å². The molecule has 2 aromatic carbocycles. The van der Waals surface area contributed by atoms with Gasteiger partial charge in [-0.25, -0.2) is 8.42 Å². The minimum atomic E-state index is -3.52. The maximum absolute atomic E-state index is 12.7. The fourth-order valence-electron chi connectivity index (χ4n) is 2.04. The first-order valence-corrected chi connectivity index (χ1v) is 8.13. The molecule has 0 heterocycles. The van der Waals surface area contributed by atoms with E-state index in [-0.39, 0.29) is 11.4 Å². The van der Waals surface area contributed by atoms with Gasteiger partial charge < -0.3 is 5.73 Å². The second-order valence-corrected chi connectivity index (χ2v) is 7.20. The standard InChI is InChI=1S/C15H16ClNO2S/c1-11-5-7-14(8-6-11)20(18,19)15(10-17)12-3-2-4-13(16)9-12/h2-9,15H,10,17H2,1H3/t15-/m1/s1. The molecule has 1 atom stereocenters. The zero-order valence-corrected chi connectivity index (χ0v) is 12.7. The normalized spacial score (nSPS) is 13.2. The van der Waals surface area contributed by atoms with Crippen LogP contribution in [0.25, 0.3) is 0 Å². The maximum Gasteiger partial charge on any atom is 0.186 e. The predicted octanol–water partition coefficient (Wildman–Crippen LogP) is 3.12. The summed E-state index contributed by atoms with van der Waals surface area (Å²) in [4.78, 5) is 0.276. The number of hydrogen-bond donors (Lipinski definition) is 1. The zero-order valence-electron chi connectivity index (χ0n) is 11.1. The van der Waals surface area contributed by atoms with Gasteiger partial charge in [-0.1, -0.05) is 41.4 Å². The average Bonchev–Trinajstić information content (AvgIpc) is 2.40. The van der Waals surface area contributed by atoms with Gasteiger partial charge in [0.1, 0.15) is 5.25 Å². The molecule has 2 aromatic rings. The van der Waals surface area contributed by atoms with Crippen molar-refractivity contribution in [3.05, 3.63) is 64.7 Å². The molecule has 0 unspecified atom stereocenters. The lowest BCUT2D eigenvalue weighted by atomic mass is 10.1. The van der Waals surface area contributed by atoms with E-state index >= 15 is 0 Å². The fraction of sp³-hybridized carbons (Fsp3) is 0.200. The topological polar surface area (TPSA) is 60.2 Å². The molecule has 0 aliphatic rings. The van der Waals surface area contributed by atoms with Crippen LogP contribution < -0.4 is 5.73 Å². The second-order valence-electron chi connectivity index (χ2n) is 4.64. The number of hydrogen-bond acceptors (Lipinski definition) is 3. The monoisotopic (exact) mass is 309 g/mol. The Morgan fingerprint density at radius 2 is 1.80 bits per heavy atom. The van der Waals surface area contributed by atoms with Crippen molar-refractivity contribution in [3.8, 4) is 0 Å². The summed E-state index contributed by atoms with van der Waals surface area (Å²) in [5, 5.41) is -0.288. The van der Waals surface area contributed by atoms with Crippen LogP contribution in [-0.4, -0.2) is 15.0 Å². The molecule has 0 amide bonds. The van der Waals surface area contributed by atoms with Crippen LogP contribution in [0.5, 0.6) is 0 Å². The summed E-state index contributed by atoms with van der Waals surface area (Å²) in [5.41, 5.74) is 7.31. The molecule has 0 aliphatic heterocycles. The molecule has 2 rings (SSSR count). The molecule has 5 heteroatoms. The van der Waals surface area contributed by atoms with Crippen LogP contribution in [0.15, 0.2) is 53.4 Å². The minimum absolute atomic E-state index is 0.0105. The third-order valence-corrected chi connectivity index (χ3v) is 5.54. The summed E-state index contributed by atoms with van der Waals surface area (Å²) in [6.07, 6.45) is 0. The number of sulfone groups is 1. The van der Waals surface area contributed by atoms with Gasteiger partial charge in [-0.2, -0.15) is 0 Å². The van der Waals surface area contributed by atoms with Crippen LogP contribution >= 0.6 is 11.6 Å². The van der Waals surface area contributed by atoms with E-state index in [1.807, 2.05) is 6.92 Å². The van der Waals surface area contributed by atoms with Crippen molar-refractivity contribution < 1.29 is 8.42 Å². The van der Waals surface area contributed by atoms with Crippen molar-refractivity contribution >= 4 is 21.4 Å². The quantitative estimate of drug-likeness (QED) is 0.944. The summed E-state index contributed by atoms with van der Waals surface area (Å²) in [6.45, 7) is 1.92. The van der Waals surface area contributed by atoms with Crippen molar-refractivity contribution in [2.45, 2.75) is 17.1 Å². The van der Waals surface area contributed by atoms with E-state index in [9.17, 15) is 8.42 Å². The molecule has 0 aromatic heterocycles. The highest BCUT2D eigenvalue weighted by Crippen LogP contribution is 2.29. The molecule has 0 saturated carbocycles. The lowest BCUT2D eigenvalue weighted by Crippen LogP contribution is -2.22. The van der Waals surface area contributed by atoms with Crippen molar-refractivity contribution in [2.24, 2.45) is 5.73 Å².